The average molecular weight is 187 g/mol. The molecule has 0 heterocycles. The molecule has 0 spiro atoms. The molecule has 13 heavy (non-hydrogen) atoms. The summed E-state index contributed by atoms with van der Waals surface area (Å²) in [6.07, 6.45) is 0. The molecular weight excluding hydrogens is 166 g/mol. The summed E-state index contributed by atoms with van der Waals surface area (Å²) in [4.78, 5) is 2.14. The minimum absolute atomic E-state index is 0.194. The molecule has 0 aliphatic heterocycles. The maximum absolute atomic E-state index is 8.79. The van der Waals surface area contributed by atoms with E-state index in [1.807, 2.05) is 13.8 Å². The van der Waals surface area contributed by atoms with Gasteiger partial charge < -0.3 is 9.84 Å². The summed E-state index contributed by atoms with van der Waals surface area (Å²) in [7, 11) is 0. The van der Waals surface area contributed by atoms with Crippen LogP contribution in [0, 0.1) is 0 Å². The predicted octanol–water partition coefficient (Wildman–Crippen LogP) is 0.893. The zero-order valence-corrected chi connectivity index (χ0v) is 8.75. The fourth-order valence-corrected chi connectivity index (χ4v) is 1.13. The molecule has 3 nitrogen and oxygen atoms in total. The maximum Gasteiger partial charge on any atom is 0.0593 e. The first kappa shape index (κ1) is 12.6. The van der Waals surface area contributed by atoms with E-state index in [4.69, 9.17) is 9.84 Å². The Bertz CT molecular complexity index is 137. The van der Waals surface area contributed by atoms with E-state index >= 15 is 0 Å². The van der Waals surface area contributed by atoms with Crippen LogP contribution in [0.1, 0.15) is 13.8 Å². The number of ether oxygens (including phenoxy) is 1. The van der Waals surface area contributed by atoms with Crippen LogP contribution in [-0.4, -0.2) is 49.5 Å². The van der Waals surface area contributed by atoms with Gasteiger partial charge in [0, 0.05) is 26.2 Å². The molecule has 0 atom stereocenters. The molecule has 0 amide bonds. The van der Waals surface area contributed by atoms with Gasteiger partial charge in [-0.05, 0) is 13.8 Å². The first-order chi connectivity index (χ1) is 6.20. The SMILES string of the molecule is C=C(C)CN(CCO)CCOCC. The average Bonchev–Trinajstić information content (AvgIpc) is 2.04. The van der Waals surface area contributed by atoms with Crippen molar-refractivity contribution < 1.29 is 9.84 Å². The number of nitrogens with zero attached hydrogens (tertiary/aromatic N) is 1. The van der Waals surface area contributed by atoms with Crippen molar-refractivity contribution in [2.24, 2.45) is 0 Å². The van der Waals surface area contributed by atoms with E-state index in [2.05, 4.69) is 11.5 Å². The molecule has 0 unspecified atom stereocenters. The molecule has 0 radical (unpaired) electrons. The summed E-state index contributed by atoms with van der Waals surface area (Å²) in [6, 6.07) is 0. The highest BCUT2D eigenvalue weighted by Gasteiger charge is 2.03. The van der Waals surface area contributed by atoms with Crippen LogP contribution in [0.3, 0.4) is 0 Å². The van der Waals surface area contributed by atoms with E-state index in [9.17, 15) is 0 Å². The molecule has 0 aliphatic rings. The largest absolute Gasteiger partial charge is 0.395 e. The van der Waals surface area contributed by atoms with Crippen LogP contribution in [0.4, 0.5) is 0 Å². The molecule has 3 heteroatoms. The van der Waals surface area contributed by atoms with E-state index in [1.165, 1.54) is 0 Å². The molecule has 0 aromatic heterocycles. The molecule has 0 saturated carbocycles. The van der Waals surface area contributed by atoms with E-state index in [0.717, 1.165) is 31.9 Å². The number of rotatable bonds is 8. The molecule has 0 saturated heterocycles. The second-order valence-electron chi connectivity index (χ2n) is 3.15. The van der Waals surface area contributed by atoms with Crippen molar-refractivity contribution in [3.8, 4) is 0 Å². The summed E-state index contributed by atoms with van der Waals surface area (Å²) >= 11 is 0. The van der Waals surface area contributed by atoms with Gasteiger partial charge in [-0.3, -0.25) is 4.90 Å². The van der Waals surface area contributed by atoms with Gasteiger partial charge in [-0.15, -0.1) is 0 Å². The van der Waals surface area contributed by atoms with E-state index in [-0.39, 0.29) is 6.61 Å². The highest BCUT2D eigenvalue weighted by atomic mass is 16.5. The third-order valence-electron chi connectivity index (χ3n) is 1.67. The normalized spacial score (nSPS) is 10.8. The summed E-state index contributed by atoms with van der Waals surface area (Å²) in [5.41, 5.74) is 1.12. The van der Waals surface area contributed by atoms with Gasteiger partial charge in [0.15, 0.2) is 0 Å². The van der Waals surface area contributed by atoms with Gasteiger partial charge in [0.05, 0.1) is 13.2 Å². The lowest BCUT2D eigenvalue weighted by Crippen LogP contribution is -2.31. The van der Waals surface area contributed by atoms with Crippen LogP contribution in [0.5, 0.6) is 0 Å². The Labute approximate surface area is 81.0 Å². The Morgan fingerprint density at radius 3 is 2.62 bits per heavy atom. The minimum Gasteiger partial charge on any atom is -0.395 e. The molecule has 0 aromatic rings. The second kappa shape index (κ2) is 8.23. The smallest absolute Gasteiger partial charge is 0.0593 e. The first-order valence-electron chi connectivity index (χ1n) is 4.76. The highest BCUT2D eigenvalue weighted by Crippen LogP contribution is 1.95. The number of hydrogen-bond donors (Lipinski definition) is 1. The fourth-order valence-electron chi connectivity index (χ4n) is 1.13. The van der Waals surface area contributed by atoms with E-state index < -0.39 is 0 Å². The van der Waals surface area contributed by atoms with Crippen LogP contribution < -0.4 is 0 Å². The van der Waals surface area contributed by atoms with Crippen LogP contribution >= 0.6 is 0 Å². The summed E-state index contributed by atoms with van der Waals surface area (Å²) in [5, 5.41) is 8.79. The number of aliphatic hydroxyl groups excluding tert-OH is 1. The van der Waals surface area contributed by atoms with Crippen LogP contribution in [0.15, 0.2) is 12.2 Å². The van der Waals surface area contributed by atoms with Crippen molar-refractivity contribution in [2.45, 2.75) is 13.8 Å². The third kappa shape index (κ3) is 7.96. The zero-order valence-electron chi connectivity index (χ0n) is 8.75. The Balaban J connectivity index is 3.59. The Morgan fingerprint density at radius 1 is 1.46 bits per heavy atom. The molecule has 78 valence electrons. The summed E-state index contributed by atoms with van der Waals surface area (Å²) in [5.74, 6) is 0. The fraction of sp³-hybridized carbons (Fsp3) is 0.800. The lowest BCUT2D eigenvalue weighted by molar-refractivity contribution is 0.108. The topological polar surface area (TPSA) is 32.7 Å². The van der Waals surface area contributed by atoms with E-state index in [1.54, 1.807) is 0 Å². The lowest BCUT2D eigenvalue weighted by atomic mass is 10.3. The van der Waals surface area contributed by atoms with Crippen molar-refractivity contribution in [3.63, 3.8) is 0 Å². The van der Waals surface area contributed by atoms with Crippen molar-refractivity contribution in [2.75, 3.05) is 39.5 Å². The van der Waals surface area contributed by atoms with Gasteiger partial charge in [-0.2, -0.15) is 0 Å². The van der Waals surface area contributed by atoms with Gasteiger partial charge >= 0.3 is 0 Å². The van der Waals surface area contributed by atoms with Gasteiger partial charge in [0.25, 0.3) is 0 Å². The standard InChI is InChI=1S/C10H21NO2/c1-4-13-8-6-11(5-7-12)9-10(2)3/h12H,2,4-9H2,1,3H3. The lowest BCUT2D eigenvalue weighted by Gasteiger charge is -2.20. The molecule has 0 rings (SSSR count). The predicted molar refractivity (Wildman–Crippen MR) is 54.8 cm³/mol. The summed E-state index contributed by atoms with van der Waals surface area (Å²) in [6.45, 7) is 11.9. The number of hydrogen-bond acceptors (Lipinski definition) is 3. The van der Waals surface area contributed by atoms with Crippen molar-refractivity contribution >= 4 is 0 Å². The van der Waals surface area contributed by atoms with Crippen LogP contribution in [0.25, 0.3) is 0 Å². The first-order valence-corrected chi connectivity index (χ1v) is 4.76. The quantitative estimate of drug-likeness (QED) is 0.452. The Hall–Kier alpha value is -0.380. The molecule has 1 N–H and O–H groups in total. The van der Waals surface area contributed by atoms with Crippen molar-refractivity contribution in [1.82, 2.24) is 4.90 Å². The summed E-state index contributed by atoms with van der Waals surface area (Å²) < 4.78 is 5.24. The van der Waals surface area contributed by atoms with E-state index in [0.29, 0.717) is 6.54 Å². The second-order valence-corrected chi connectivity index (χ2v) is 3.15. The zero-order chi connectivity index (χ0) is 10.1. The molecule has 0 aliphatic carbocycles. The van der Waals surface area contributed by atoms with Gasteiger partial charge in [0.2, 0.25) is 0 Å². The molecule has 0 fully saturated rings. The third-order valence-corrected chi connectivity index (χ3v) is 1.67. The highest BCUT2D eigenvalue weighted by molar-refractivity contribution is 4.91. The molecule has 0 aromatic carbocycles. The van der Waals surface area contributed by atoms with Crippen LogP contribution in [0.2, 0.25) is 0 Å². The van der Waals surface area contributed by atoms with Crippen LogP contribution in [-0.2, 0) is 4.74 Å². The van der Waals surface area contributed by atoms with Crippen molar-refractivity contribution in [1.29, 1.82) is 0 Å². The minimum atomic E-state index is 0.194. The van der Waals surface area contributed by atoms with Gasteiger partial charge in [0.1, 0.15) is 0 Å². The Kier molecular flexibility index (Phi) is 7.99. The Morgan fingerprint density at radius 2 is 2.15 bits per heavy atom. The molecule has 0 bridgehead atoms. The maximum atomic E-state index is 8.79. The monoisotopic (exact) mass is 187 g/mol. The molecular formula is C10H21NO2. The number of aliphatic hydroxyl groups is 1. The van der Waals surface area contributed by atoms with Gasteiger partial charge in [-0.25, -0.2) is 0 Å². The van der Waals surface area contributed by atoms with Crippen molar-refractivity contribution in [3.05, 3.63) is 12.2 Å². The van der Waals surface area contributed by atoms with Gasteiger partial charge in [-0.1, -0.05) is 12.2 Å².